The van der Waals surface area contributed by atoms with Crippen molar-refractivity contribution in [1.82, 2.24) is 0 Å². The molecule has 0 fully saturated rings. The normalized spacial score (nSPS) is 20.7. The van der Waals surface area contributed by atoms with Crippen LogP contribution in [0.4, 0.5) is 11.4 Å². The van der Waals surface area contributed by atoms with E-state index in [0.717, 1.165) is 0 Å². The van der Waals surface area contributed by atoms with E-state index in [0.29, 0.717) is 11.4 Å². The maximum absolute atomic E-state index is 10.9. The number of anilines is 2. The lowest BCUT2D eigenvalue weighted by molar-refractivity contribution is -0.259. The van der Waals surface area contributed by atoms with Gasteiger partial charge in [0.15, 0.2) is 0 Å². The minimum absolute atomic E-state index is 0.0397. The largest absolute Gasteiger partial charge is 0.508 e. The molecule has 0 aliphatic heterocycles. The van der Waals surface area contributed by atoms with Crippen LogP contribution in [0.5, 0.6) is 11.5 Å². The van der Waals surface area contributed by atoms with Crippen LogP contribution in [0.25, 0.3) is 5.57 Å². The average molecular weight is 388 g/mol. The lowest BCUT2D eigenvalue weighted by Gasteiger charge is -2.49. The number of phenols is 2. The molecule has 0 bridgehead atoms. The smallest absolute Gasteiger partial charge is 0.236 e. The van der Waals surface area contributed by atoms with Crippen LogP contribution < -0.4 is 9.80 Å². The highest BCUT2D eigenvalue weighted by molar-refractivity contribution is 5.87. The molecule has 2 aromatic rings. The monoisotopic (exact) mass is 388 g/mol. The first kappa shape index (κ1) is 19.8. The lowest BCUT2D eigenvalue weighted by Crippen LogP contribution is -2.62. The van der Waals surface area contributed by atoms with E-state index in [-0.39, 0.29) is 16.9 Å². The lowest BCUT2D eigenvalue weighted by atomic mass is 9.66. The number of hydrogen-bond acceptors (Lipinski definition) is 8. The van der Waals surface area contributed by atoms with Crippen molar-refractivity contribution in [3.05, 3.63) is 53.3 Å². The van der Waals surface area contributed by atoms with Crippen LogP contribution in [-0.4, -0.2) is 64.6 Å². The molecule has 0 radical (unpaired) electrons. The van der Waals surface area contributed by atoms with Gasteiger partial charge in [-0.15, -0.1) is 0 Å². The Morgan fingerprint density at radius 2 is 1.21 bits per heavy atom. The SMILES string of the molecule is CN(C)c1ccc(C2=C(O)C(O)(c3ccc(N(C)C)cc3O)C2(O)O)c(O)c1. The fourth-order valence-electron chi connectivity index (χ4n) is 3.37. The van der Waals surface area contributed by atoms with E-state index in [1.807, 2.05) is 0 Å². The molecule has 150 valence electrons. The zero-order valence-electron chi connectivity index (χ0n) is 16.0. The van der Waals surface area contributed by atoms with Crippen LogP contribution in [0.2, 0.25) is 0 Å². The molecule has 6 N–H and O–H groups in total. The second kappa shape index (κ2) is 6.30. The number of aliphatic hydroxyl groups is 4. The summed E-state index contributed by atoms with van der Waals surface area (Å²) in [6.45, 7) is 0. The van der Waals surface area contributed by atoms with E-state index in [9.17, 15) is 30.6 Å². The van der Waals surface area contributed by atoms with Crippen LogP contribution in [-0.2, 0) is 5.60 Å². The molecule has 0 spiro atoms. The van der Waals surface area contributed by atoms with Gasteiger partial charge in [-0.2, -0.15) is 0 Å². The summed E-state index contributed by atoms with van der Waals surface area (Å²) in [5.41, 5.74) is -2.12. The molecule has 8 nitrogen and oxygen atoms in total. The van der Waals surface area contributed by atoms with Gasteiger partial charge in [0.1, 0.15) is 17.3 Å². The molecule has 3 rings (SSSR count). The van der Waals surface area contributed by atoms with E-state index in [4.69, 9.17) is 0 Å². The Kier molecular flexibility index (Phi) is 4.46. The molecular weight excluding hydrogens is 364 g/mol. The Labute approximate surface area is 162 Å². The Morgan fingerprint density at radius 3 is 1.64 bits per heavy atom. The summed E-state index contributed by atoms with van der Waals surface area (Å²) in [5.74, 6) is -4.42. The molecule has 1 atom stereocenters. The Balaban J connectivity index is 2.13. The van der Waals surface area contributed by atoms with E-state index >= 15 is 0 Å². The van der Waals surface area contributed by atoms with Crippen molar-refractivity contribution >= 4 is 16.9 Å². The van der Waals surface area contributed by atoms with Gasteiger partial charge in [-0.3, -0.25) is 0 Å². The first-order valence-electron chi connectivity index (χ1n) is 8.55. The molecule has 28 heavy (non-hydrogen) atoms. The molecule has 1 aliphatic carbocycles. The third-order valence-corrected chi connectivity index (χ3v) is 5.09. The van der Waals surface area contributed by atoms with Gasteiger partial charge >= 0.3 is 0 Å². The van der Waals surface area contributed by atoms with Gasteiger partial charge in [-0.05, 0) is 24.3 Å². The fraction of sp³-hybridized carbons (Fsp3) is 0.300. The van der Waals surface area contributed by atoms with Crippen molar-refractivity contribution in [2.45, 2.75) is 11.4 Å². The summed E-state index contributed by atoms with van der Waals surface area (Å²) in [6.07, 6.45) is 0. The Bertz CT molecular complexity index is 967. The molecule has 1 unspecified atom stereocenters. The molecule has 0 aromatic heterocycles. The number of phenolic OH excluding ortho intramolecular Hbond substituents is 2. The molecule has 0 amide bonds. The average Bonchev–Trinajstić information content (AvgIpc) is 2.61. The van der Waals surface area contributed by atoms with Crippen LogP contribution in [0.3, 0.4) is 0 Å². The third kappa shape index (κ3) is 2.57. The predicted octanol–water partition coefficient (Wildman–Crippen LogP) is 1.08. The van der Waals surface area contributed by atoms with Crippen LogP contribution >= 0.6 is 0 Å². The molecule has 0 heterocycles. The maximum Gasteiger partial charge on any atom is 0.236 e. The second-order valence-corrected chi connectivity index (χ2v) is 7.30. The summed E-state index contributed by atoms with van der Waals surface area (Å²) in [4.78, 5) is 3.45. The minimum atomic E-state index is -2.94. The standard InChI is InChI=1S/C20H24N2O6/c1-21(2)11-5-7-13(15(23)9-11)17-18(25)19(26,20(17,27)28)14-8-6-12(22(3)4)10-16(14)24/h5-10,23-28H,1-4H3. The van der Waals surface area contributed by atoms with Gasteiger partial charge in [-0.25, -0.2) is 0 Å². The van der Waals surface area contributed by atoms with Crippen molar-refractivity contribution in [3.8, 4) is 11.5 Å². The molecule has 0 saturated carbocycles. The van der Waals surface area contributed by atoms with Crippen molar-refractivity contribution in [1.29, 1.82) is 0 Å². The first-order chi connectivity index (χ1) is 12.9. The van der Waals surface area contributed by atoms with E-state index in [1.54, 1.807) is 50.1 Å². The topological polar surface area (TPSA) is 128 Å². The quantitative estimate of drug-likeness (QED) is 0.430. The van der Waals surface area contributed by atoms with Crippen molar-refractivity contribution in [3.63, 3.8) is 0 Å². The molecule has 1 aliphatic rings. The van der Waals surface area contributed by atoms with E-state index < -0.39 is 28.5 Å². The molecule has 0 saturated heterocycles. The number of benzene rings is 2. The number of aliphatic hydroxyl groups excluding tert-OH is 1. The predicted molar refractivity (Wildman–Crippen MR) is 105 cm³/mol. The number of hydrogen-bond donors (Lipinski definition) is 6. The number of aromatic hydroxyl groups is 2. The van der Waals surface area contributed by atoms with Gasteiger partial charge in [-0.1, -0.05) is 0 Å². The van der Waals surface area contributed by atoms with Crippen molar-refractivity contribution < 1.29 is 30.6 Å². The molecule has 8 heteroatoms. The van der Waals surface area contributed by atoms with E-state index in [2.05, 4.69) is 0 Å². The van der Waals surface area contributed by atoms with Gasteiger partial charge in [0, 0.05) is 62.8 Å². The number of nitrogens with zero attached hydrogens (tertiary/aromatic N) is 2. The van der Waals surface area contributed by atoms with Gasteiger partial charge < -0.3 is 40.4 Å². The number of rotatable bonds is 4. The summed E-state index contributed by atoms with van der Waals surface area (Å²) in [6, 6.07) is 8.61. The van der Waals surface area contributed by atoms with Crippen LogP contribution in [0.1, 0.15) is 11.1 Å². The summed E-state index contributed by atoms with van der Waals surface area (Å²) in [5, 5.41) is 63.3. The third-order valence-electron chi connectivity index (χ3n) is 5.09. The maximum atomic E-state index is 10.9. The van der Waals surface area contributed by atoms with Crippen LogP contribution in [0.15, 0.2) is 42.2 Å². The van der Waals surface area contributed by atoms with Crippen molar-refractivity contribution in [2.24, 2.45) is 0 Å². The summed E-state index contributed by atoms with van der Waals surface area (Å²) in [7, 11) is 7.06. The minimum Gasteiger partial charge on any atom is -0.508 e. The van der Waals surface area contributed by atoms with E-state index in [1.165, 1.54) is 24.3 Å². The Morgan fingerprint density at radius 1 is 0.714 bits per heavy atom. The van der Waals surface area contributed by atoms with Gasteiger partial charge in [0.05, 0.1) is 5.57 Å². The van der Waals surface area contributed by atoms with Crippen molar-refractivity contribution in [2.75, 3.05) is 38.0 Å². The zero-order valence-corrected chi connectivity index (χ0v) is 16.0. The second-order valence-electron chi connectivity index (χ2n) is 7.30. The fourth-order valence-corrected chi connectivity index (χ4v) is 3.37. The van der Waals surface area contributed by atoms with Gasteiger partial charge in [0.2, 0.25) is 11.4 Å². The zero-order chi connectivity index (χ0) is 21.0. The first-order valence-corrected chi connectivity index (χ1v) is 8.55. The van der Waals surface area contributed by atoms with Crippen LogP contribution in [0, 0.1) is 0 Å². The highest BCUT2D eigenvalue weighted by Crippen LogP contribution is 2.58. The summed E-state index contributed by atoms with van der Waals surface area (Å²) < 4.78 is 0. The molecular formula is C20H24N2O6. The van der Waals surface area contributed by atoms with Gasteiger partial charge in [0.25, 0.3) is 0 Å². The Hall–Kier alpha value is -2.94. The summed E-state index contributed by atoms with van der Waals surface area (Å²) >= 11 is 0. The highest BCUT2D eigenvalue weighted by Gasteiger charge is 2.67. The molecule has 2 aromatic carbocycles. The highest BCUT2D eigenvalue weighted by atomic mass is 16.5.